The third kappa shape index (κ3) is 1.43. The lowest BCUT2D eigenvalue weighted by molar-refractivity contribution is -0.385. The SMILES string of the molecule is NNC(=O)c1[nH]nc(C=O)c1[N+](=O)[O-]. The van der Waals surface area contributed by atoms with Gasteiger partial charge in [-0.1, -0.05) is 0 Å². The van der Waals surface area contributed by atoms with Crippen molar-refractivity contribution in [3.63, 3.8) is 0 Å². The van der Waals surface area contributed by atoms with Gasteiger partial charge in [0.25, 0.3) is 5.91 Å². The molecule has 4 N–H and O–H groups in total. The number of nitro groups is 1. The fourth-order valence-electron chi connectivity index (χ4n) is 0.848. The van der Waals surface area contributed by atoms with Crippen LogP contribution in [0.15, 0.2) is 0 Å². The Morgan fingerprint density at radius 1 is 1.71 bits per heavy atom. The monoisotopic (exact) mass is 199 g/mol. The maximum atomic E-state index is 10.9. The van der Waals surface area contributed by atoms with Crippen molar-refractivity contribution < 1.29 is 14.5 Å². The van der Waals surface area contributed by atoms with Crippen molar-refractivity contribution in [2.75, 3.05) is 0 Å². The minimum absolute atomic E-state index is 0.169. The summed E-state index contributed by atoms with van der Waals surface area (Å²) in [5.41, 5.74) is 0.0826. The first kappa shape index (κ1) is 9.80. The Bertz CT molecular complexity index is 397. The molecule has 0 unspecified atom stereocenters. The molecular weight excluding hydrogens is 194 g/mol. The second-order valence-corrected chi connectivity index (χ2v) is 2.18. The van der Waals surface area contributed by atoms with E-state index in [4.69, 9.17) is 5.84 Å². The number of nitrogens with zero attached hydrogens (tertiary/aromatic N) is 2. The van der Waals surface area contributed by atoms with E-state index in [0.29, 0.717) is 0 Å². The van der Waals surface area contributed by atoms with E-state index in [2.05, 4.69) is 5.10 Å². The number of aldehydes is 1. The smallest absolute Gasteiger partial charge is 0.296 e. The molecule has 0 spiro atoms. The van der Waals surface area contributed by atoms with Crippen molar-refractivity contribution in [1.29, 1.82) is 0 Å². The summed E-state index contributed by atoms with van der Waals surface area (Å²) < 4.78 is 0. The molecular formula is C5H5N5O4. The van der Waals surface area contributed by atoms with E-state index < -0.39 is 27.9 Å². The average molecular weight is 199 g/mol. The van der Waals surface area contributed by atoms with Crippen molar-refractivity contribution >= 4 is 17.9 Å². The Balaban J connectivity index is 3.31. The number of hydrazine groups is 1. The lowest BCUT2D eigenvalue weighted by Crippen LogP contribution is -2.30. The van der Waals surface area contributed by atoms with Crippen LogP contribution in [0.3, 0.4) is 0 Å². The van der Waals surface area contributed by atoms with Crippen LogP contribution in [0.2, 0.25) is 0 Å². The number of nitrogens with two attached hydrogens (primary N) is 1. The second kappa shape index (κ2) is 3.62. The van der Waals surface area contributed by atoms with Gasteiger partial charge in [0, 0.05) is 0 Å². The number of rotatable bonds is 3. The number of nitrogen functional groups attached to an aromatic ring is 1. The molecule has 9 nitrogen and oxygen atoms in total. The van der Waals surface area contributed by atoms with Gasteiger partial charge in [-0.05, 0) is 0 Å². The summed E-state index contributed by atoms with van der Waals surface area (Å²) in [5, 5.41) is 15.8. The van der Waals surface area contributed by atoms with Gasteiger partial charge in [-0.2, -0.15) is 5.10 Å². The van der Waals surface area contributed by atoms with Crippen molar-refractivity contribution in [3.05, 3.63) is 21.5 Å². The van der Waals surface area contributed by atoms with Gasteiger partial charge in [-0.15, -0.1) is 0 Å². The molecule has 0 aliphatic heterocycles. The third-order valence-corrected chi connectivity index (χ3v) is 1.42. The van der Waals surface area contributed by atoms with Gasteiger partial charge in [-0.25, -0.2) is 5.84 Å². The fourth-order valence-corrected chi connectivity index (χ4v) is 0.848. The third-order valence-electron chi connectivity index (χ3n) is 1.42. The molecule has 1 heterocycles. The number of nitrogens with one attached hydrogen (secondary N) is 2. The van der Waals surface area contributed by atoms with E-state index >= 15 is 0 Å². The standard InChI is InChI=1S/C5H5N5O4/c6-7-5(12)3-4(10(13)14)2(1-11)8-9-3/h1H,6H2,(H,7,12)(H,8,9). The number of aromatic amines is 1. The van der Waals surface area contributed by atoms with Crippen LogP contribution in [0.5, 0.6) is 0 Å². The van der Waals surface area contributed by atoms with Crippen LogP contribution in [0.25, 0.3) is 0 Å². The molecule has 0 atom stereocenters. The molecule has 74 valence electrons. The minimum atomic E-state index is -0.919. The van der Waals surface area contributed by atoms with Crippen LogP contribution in [0, 0.1) is 10.1 Å². The number of amides is 1. The highest BCUT2D eigenvalue weighted by Gasteiger charge is 2.28. The molecule has 0 aliphatic rings. The van der Waals surface area contributed by atoms with Crippen molar-refractivity contribution in [2.45, 2.75) is 0 Å². The van der Waals surface area contributed by atoms with Gasteiger partial charge in [0.2, 0.25) is 11.4 Å². The van der Waals surface area contributed by atoms with E-state index in [1.807, 2.05) is 5.10 Å². The zero-order valence-corrected chi connectivity index (χ0v) is 6.68. The molecule has 0 fully saturated rings. The molecule has 0 aliphatic carbocycles. The Hall–Kier alpha value is -2.29. The summed E-state index contributed by atoms with van der Waals surface area (Å²) in [6, 6.07) is 0. The van der Waals surface area contributed by atoms with Crippen LogP contribution in [-0.4, -0.2) is 27.3 Å². The number of hydrogen-bond donors (Lipinski definition) is 3. The maximum Gasteiger partial charge on any atom is 0.330 e. The first-order valence-electron chi connectivity index (χ1n) is 3.30. The number of aromatic nitrogens is 2. The molecule has 1 rings (SSSR count). The second-order valence-electron chi connectivity index (χ2n) is 2.18. The summed E-state index contributed by atoms with van der Waals surface area (Å²) in [6.07, 6.45) is 0.169. The van der Waals surface area contributed by atoms with Crippen molar-refractivity contribution in [2.24, 2.45) is 5.84 Å². The molecule has 9 heteroatoms. The van der Waals surface area contributed by atoms with Crippen LogP contribution in [-0.2, 0) is 0 Å². The van der Waals surface area contributed by atoms with E-state index in [0.717, 1.165) is 0 Å². The minimum Gasteiger partial charge on any atom is -0.296 e. The van der Waals surface area contributed by atoms with Crippen LogP contribution >= 0.6 is 0 Å². The first-order valence-corrected chi connectivity index (χ1v) is 3.30. The largest absolute Gasteiger partial charge is 0.330 e. The number of H-pyrrole nitrogens is 1. The molecule has 0 saturated heterocycles. The van der Waals surface area contributed by atoms with Crippen molar-refractivity contribution in [1.82, 2.24) is 15.6 Å². The predicted octanol–water partition coefficient (Wildman–Crippen LogP) is -1.27. The molecule has 0 saturated carbocycles. The summed E-state index contributed by atoms with van der Waals surface area (Å²) >= 11 is 0. The predicted molar refractivity (Wildman–Crippen MR) is 42.3 cm³/mol. The lowest BCUT2D eigenvalue weighted by atomic mass is 10.3. The van der Waals surface area contributed by atoms with E-state index in [1.54, 1.807) is 5.43 Å². The topological polar surface area (TPSA) is 144 Å². The Morgan fingerprint density at radius 3 is 2.79 bits per heavy atom. The van der Waals surface area contributed by atoms with Gasteiger partial charge in [-0.3, -0.25) is 30.2 Å². The normalized spacial score (nSPS) is 9.50. The van der Waals surface area contributed by atoms with Gasteiger partial charge < -0.3 is 0 Å². The highest BCUT2D eigenvalue weighted by Crippen LogP contribution is 2.18. The average Bonchev–Trinajstić information content (AvgIpc) is 2.59. The summed E-state index contributed by atoms with van der Waals surface area (Å²) in [5.74, 6) is 3.85. The summed E-state index contributed by atoms with van der Waals surface area (Å²) in [4.78, 5) is 30.8. The Kier molecular flexibility index (Phi) is 2.53. The summed E-state index contributed by atoms with van der Waals surface area (Å²) in [6.45, 7) is 0. The molecule has 0 bridgehead atoms. The van der Waals surface area contributed by atoms with E-state index in [1.165, 1.54) is 0 Å². The highest BCUT2D eigenvalue weighted by molar-refractivity contribution is 5.98. The van der Waals surface area contributed by atoms with Gasteiger partial charge in [0.15, 0.2) is 6.29 Å². The molecule has 0 radical (unpaired) electrons. The van der Waals surface area contributed by atoms with Crippen LogP contribution < -0.4 is 11.3 Å². The molecule has 14 heavy (non-hydrogen) atoms. The van der Waals surface area contributed by atoms with Gasteiger partial charge in [0.1, 0.15) is 0 Å². The molecule has 1 aromatic heterocycles. The first-order chi connectivity index (χ1) is 6.61. The lowest BCUT2D eigenvalue weighted by Gasteiger charge is -1.93. The Labute approximate surface area is 76.4 Å². The van der Waals surface area contributed by atoms with Gasteiger partial charge in [0.05, 0.1) is 4.92 Å². The van der Waals surface area contributed by atoms with Crippen LogP contribution in [0.4, 0.5) is 5.69 Å². The quantitative estimate of drug-likeness (QED) is 0.182. The molecule has 1 aromatic rings. The van der Waals surface area contributed by atoms with Crippen molar-refractivity contribution in [3.8, 4) is 0 Å². The number of carbonyl (C=O) groups is 2. The zero-order chi connectivity index (χ0) is 10.7. The maximum absolute atomic E-state index is 10.9. The number of carbonyl (C=O) groups excluding carboxylic acids is 2. The molecule has 0 aromatic carbocycles. The zero-order valence-electron chi connectivity index (χ0n) is 6.68. The van der Waals surface area contributed by atoms with E-state index in [-0.39, 0.29) is 6.29 Å². The van der Waals surface area contributed by atoms with Gasteiger partial charge >= 0.3 is 5.69 Å². The highest BCUT2D eigenvalue weighted by atomic mass is 16.6. The van der Waals surface area contributed by atoms with E-state index in [9.17, 15) is 19.7 Å². The molecule has 1 amide bonds. The Morgan fingerprint density at radius 2 is 2.36 bits per heavy atom. The number of hydrogen-bond acceptors (Lipinski definition) is 6. The van der Waals surface area contributed by atoms with Crippen LogP contribution in [0.1, 0.15) is 21.0 Å². The summed E-state index contributed by atoms with van der Waals surface area (Å²) in [7, 11) is 0. The fraction of sp³-hybridized carbons (Fsp3) is 0.